The number of pyridine rings is 1. The number of ether oxygens (including phenoxy) is 1. The van der Waals surface area contributed by atoms with Gasteiger partial charge in [0.2, 0.25) is 0 Å². The standard InChI is InChI=1S/C17H21N3O/c1-11-5-8-15(13(9-11)17(2,3)4)21-12-6-7-14(16(18)19)20-10-12/h5-10H,1-4H3,(H3,18,19). The van der Waals surface area contributed by atoms with E-state index in [0.29, 0.717) is 11.4 Å². The fourth-order valence-electron chi connectivity index (χ4n) is 2.05. The number of aromatic nitrogens is 1. The van der Waals surface area contributed by atoms with Gasteiger partial charge >= 0.3 is 0 Å². The van der Waals surface area contributed by atoms with Crippen molar-refractivity contribution in [2.24, 2.45) is 5.73 Å². The second-order valence-corrected chi connectivity index (χ2v) is 6.14. The molecular formula is C17H21N3O. The minimum atomic E-state index is -0.0488. The van der Waals surface area contributed by atoms with E-state index in [1.54, 1.807) is 18.3 Å². The molecule has 1 aromatic heterocycles. The SMILES string of the molecule is Cc1ccc(Oc2ccc(C(=N)N)nc2)c(C(C)(C)C)c1. The first-order valence-electron chi connectivity index (χ1n) is 6.87. The maximum Gasteiger partial charge on any atom is 0.145 e. The fraction of sp³-hybridized carbons (Fsp3) is 0.294. The second-order valence-electron chi connectivity index (χ2n) is 6.14. The highest BCUT2D eigenvalue weighted by atomic mass is 16.5. The molecule has 1 aromatic carbocycles. The summed E-state index contributed by atoms with van der Waals surface area (Å²) < 4.78 is 5.95. The summed E-state index contributed by atoms with van der Waals surface area (Å²) in [5.74, 6) is 1.41. The molecule has 0 saturated carbocycles. The predicted molar refractivity (Wildman–Crippen MR) is 85.2 cm³/mol. The summed E-state index contributed by atoms with van der Waals surface area (Å²) in [5, 5.41) is 7.34. The molecule has 0 saturated heterocycles. The highest BCUT2D eigenvalue weighted by Gasteiger charge is 2.19. The maximum absolute atomic E-state index is 7.34. The normalized spacial score (nSPS) is 11.2. The summed E-state index contributed by atoms with van der Waals surface area (Å²) in [5.41, 5.74) is 8.19. The van der Waals surface area contributed by atoms with Gasteiger partial charge in [-0.2, -0.15) is 0 Å². The Morgan fingerprint density at radius 1 is 1.19 bits per heavy atom. The number of hydrogen-bond donors (Lipinski definition) is 2. The van der Waals surface area contributed by atoms with Gasteiger partial charge in [0.25, 0.3) is 0 Å². The van der Waals surface area contributed by atoms with E-state index in [2.05, 4.69) is 38.7 Å². The lowest BCUT2D eigenvalue weighted by atomic mass is 9.85. The third-order valence-corrected chi connectivity index (χ3v) is 3.18. The van der Waals surface area contributed by atoms with Crippen LogP contribution in [0, 0.1) is 12.3 Å². The molecule has 1 heterocycles. The van der Waals surface area contributed by atoms with E-state index in [9.17, 15) is 0 Å². The molecular weight excluding hydrogens is 262 g/mol. The third-order valence-electron chi connectivity index (χ3n) is 3.18. The molecule has 0 aliphatic rings. The van der Waals surface area contributed by atoms with E-state index < -0.39 is 0 Å². The first-order valence-corrected chi connectivity index (χ1v) is 6.87. The van der Waals surface area contributed by atoms with Gasteiger partial charge in [-0.3, -0.25) is 5.41 Å². The number of rotatable bonds is 3. The van der Waals surface area contributed by atoms with E-state index in [0.717, 1.165) is 11.3 Å². The molecule has 110 valence electrons. The first-order chi connectivity index (χ1) is 9.77. The Kier molecular flexibility index (Phi) is 3.98. The summed E-state index contributed by atoms with van der Waals surface area (Å²) in [6, 6.07) is 9.61. The highest BCUT2D eigenvalue weighted by molar-refractivity contribution is 5.92. The number of amidine groups is 1. The Bertz CT molecular complexity index is 655. The number of aryl methyl sites for hydroxylation is 1. The number of hydrogen-bond acceptors (Lipinski definition) is 3. The van der Waals surface area contributed by atoms with Crippen LogP contribution in [0.4, 0.5) is 0 Å². The Hall–Kier alpha value is -2.36. The number of nitrogens with zero attached hydrogens (tertiary/aromatic N) is 1. The maximum atomic E-state index is 7.34. The van der Waals surface area contributed by atoms with Gasteiger partial charge in [0.1, 0.15) is 23.0 Å². The van der Waals surface area contributed by atoms with Crippen molar-refractivity contribution in [2.45, 2.75) is 33.1 Å². The molecule has 21 heavy (non-hydrogen) atoms. The minimum absolute atomic E-state index is 0.00585. The zero-order valence-corrected chi connectivity index (χ0v) is 12.9. The van der Waals surface area contributed by atoms with Crippen LogP contribution >= 0.6 is 0 Å². The van der Waals surface area contributed by atoms with Crippen LogP contribution in [0.15, 0.2) is 36.5 Å². The average molecular weight is 283 g/mol. The molecule has 0 amide bonds. The number of nitrogen functional groups attached to an aromatic ring is 1. The summed E-state index contributed by atoms with van der Waals surface area (Å²) >= 11 is 0. The molecule has 3 N–H and O–H groups in total. The Balaban J connectivity index is 2.33. The molecule has 0 atom stereocenters. The lowest BCUT2D eigenvalue weighted by Gasteiger charge is -2.23. The summed E-state index contributed by atoms with van der Waals surface area (Å²) in [6.45, 7) is 8.55. The topological polar surface area (TPSA) is 72.0 Å². The summed E-state index contributed by atoms with van der Waals surface area (Å²) in [4.78, 5) is 4.11. The lowest BCUT2D eigenvalue weighted by Crippen LogP contribution is -2.13. The number of nitrogens with two attached hydrogens (primary N) is 1. The average Bonchev–Trinajstić information content (AvgIpc) is 2.40. The van der Waals surface area contributed by atoms with E-state index in [-0.39, 0.29) is 11.3 Å². The molecule has 0 radical (unpaired) electrons. The van der Waals surface area contributed by atoms with Crippen LogP contribution in [0.5, 0.6) is 11.5 Å². The van der Waals surface area contributed by atoms with Gasteiger partial charge in [0, 0.05) is 5.56 Å². The number of benzene rings is 1. The van der Waals surface area contributed by atoms with Crippen LogP contribution in [-0.2, 0) is 5.41 Å². The molecule has 0 fully saturated rings. The van der Waals surface area contributed by atoms with Crippen molar-refractivity contribution >= 4 is 5.84 Å². The largest absolute Gasteiger partial charge is 0.455 e. The molecule has 2 aromatic rings. The van der Waals surface area contributed by atoms with Crippen molar-refractivity contribution in [2.75, 3.05) is 0 Å². The number of nitrogens with one attached hydrogen (secondary N) is 1. The molecule has 4 heteroatoms. The minimum Gasteiger partial charge on any atom is -0.455 e. The predicted octanol–water partition coefficient (Wildman–Crippen LogP) is 3.76. The Morgan fingerprint density at radius 2 is 1.90 bits per heavy atom. The molecule has 0 spiro atoms. The van der Waals surface area contributed by atoms with Gasteiger partial charge in [-0.25, -0.2) is 4.98 Å². The van der Waals surface area contributed by atoms with Crippen molar-refractivity contribution in [3.8, 4) is 11.5 Å². The monoisotopic (exact) mass is 283 g/mol. The van der Waals surface area contributed by atoms with Crippen molar-refractivity contribution < 1.29 is 4.74 Å². The van der Waals surface area contributed by atoms with Gasteiger partial charge < -0.3 is 10.5 Å². The van der Waals surface area contributed by atoms with Gasteiger partial charge in [0.15, 0.2) is 0 Å². The molecule has 4 nitrogen and oxygen atoms in total. The molecule has 0 unspecified atom stereocenters. The lowest BCUT2D eigenvalue weighted by molar-refractivity contribution is 0.453. The van der Waals surface area contributed by atoms with Gasteiger partial charge in [0.05, 0.1) is 6.20 Å². The van der Waals surface area contributed by atoms with Crippen molar-refractivity contribution in [3.05, 3.63) is 53.3 Å². The zero-order chi connectivity index (χ0) is 15.6. The first kappa shape index (κ1) is 15.0. The van der Waals surface area contributed by atoms with Crippen molar-refractivity contribution in [1.29, 1.82) is 5.41 Å². The Labute approximate surface area is 125 Å². The van der Waals surface area contributed by atoms with Crippen molar-refractivity contribution in [1.82, 2.24) is 4.98 Å². The third kappa shape index (κ3) is 3.60. The van der Waals surface area contributed by atoms with Crippen LogP contribution in [0.3, 0.4) is 0 Å². The molecule has 0 aliphatic heterocycles. The fourth-order valence-corrected chi connectivity index (χ4v) is 2.05. The summed E-state index contributed by atoms with van der Waals surface area (Å²) in [7, 11) is 0. The van der Waals surface area contributed by atoms with Crippen molar-refractivity contribution in [3.63, 3.8) is 0 Å². The summed E-state index contributed by atoms with van der Waals surface area (Å²) in [6.07, 6.45) is 1.59. The van der Waals surface area contributed by atoms with Crippen LogP contribution in [-0.4, -0.2) is 10.8 Å². The van der Waals surface area contributed by atoms with E-state index in [4.69, 9.17) is 15.9 Å². The van der Waals surface area contributed by atoms with E-state index in [1.165, 1.54) is 5.56 Å². The quantitative estimate of drug-likeness (QED) is 0.665. The second kappa shape index (κ2) is 5.56. The van der Waals surface area contributed by atoms with Gasteiger partial charge in [-0.05, 0) is 30.5 Å². The molecule has 2 rings (SSSR count). The molecule has 0 aliphatic carbocycles. The van der Waals surface area contributed by atoms with Crippen LogP contribution in [0.1, 0.15) is 37.6 Å². The zero-order valence-electron chi connectivity index (χ0n) is 12.9. The molecule has 0 bridgehead atoms. The Morgan fingerprint density at radius 3 is 2.43 bits per heavy atom. The highest BCUT2D eigenvalue weighted by Crippen LogP contribution is 2.34. The van der Waals surface area contributed by atoms with Crippen LogP contribution < -0.4 is 10.5 Å². The smallest absolute Gasteiger partial charge is 0.145 e. The van der Waals surface area contributed by atoms with Crippen LogP contribution in [0.25, 0.3) is 0 Å². The van der Waals surface area contributed by atoms with E-state index >= 15 is 0 Å². The van der Waals surface area contributed by atoms with Gasteiger partial charge in [-0.1, -0.05) is 38.5 Å². The van der Waals surface area contributed by atoms with Gasteiger partial charge in [-0.15, -0.1) is 0 Å². The van der Waals surface area contributed by atoms with E-state index in [1.807, 2.05) is 12.1 Å². The van der Waals surface area contributed by atoms with Crippen LogP contribution in [0.2, 0.25) is 0 Å².